The summed E-state index contributed by atoms with van der Waals surface area (Å²) in [4.78, 5) is 37.8. The summed E-state index contributed by atoms with van der Waals surface area (Å²) < 4.78 is 5.13. The number of aliphatic hydroxyl groups is 1. The van der Waals surface area contributed by atoms with E-state index >= 15 is 0 Å². The molecule has 7 heteroatoms. The van der Waals surface area contributed by atoms with E-state index in [4.69, 9.17) is 14.5 Å². The van der Waals surface area contributed by atoms with Crippen LogP contribution in [0.3, 0.4) is 0 Å². The Bertz CT molecular complexity index is 675. The molecule has 0 spiro atoms. The maximum atomic E-state index is 13.2. The molecule has 0 unspecified atom stereocenters. The van der Waals surface area contributed by atoms with Crippen LogP contribution < -0.4 is 0 Å². The van der Waals surface area contributed by atoms with E-state index < -0.39 is 28.7 Å². The van der Waals surface area contributed by atoms with E-state index in [1.54, 1.807) is 20.8 Å². The zero-order valence-corrected chi connectivity index (χ0v) is 14.7. The lowest BCUT2D eigenvalue weighted by Crippen LogP contribution is -2.63. The van der Waals surface area contributed by atoms with Crippen LogP contribution >= 0.6 is 0 Å². The maximum absolute atomic E-state index is 13.2. The molecule has 2 saturated heterocycles. The van der Waals surface area contributed by atoms with Crippen LogP contribution in [0.25, 0.3) is 0 Å². The number of hydrogen-bond acceptors (Lipinski definition) is 6. The van der Waals surface area contributed by atoms with E-state index in [2.05, 4.69) is 0 Å². The van der Waals surface area contributed by atoms with Gasteiger partial charge in [-0.1, -0.05) is 30.3 Å². The predicted octanol–water partition coefficient (Wildman–Crippen LogP) is 1.40. The van der Waals surface area contributed by atoms with Gasteiger partial charge in [-0.2, -0.15) is 4.89 Å². The average molecular weight is 349 g/mol. The highest BCUT2D eigenvalue weighted by Gasteiger charge is 2.74. The minimum absolute atomic E-state index is 0.0283. The van der Waals surface area contributed by atoms with Gasteiger partial charge < -0.3 is 14.7 Å². The van der Waals surface area contributed by atoms with Crippen LogP contribution in [-0.2, 0) is 30.6 Å². The van der Waals surface area contributed by atoms with Crippen LogP contribution in [0.2, 0.25) is 0 Å². The summed E-state index contributed by atoms with van der Waals surface area (Å²) in [6.45, 7) is 5.23. The highest BCUT2D eigenvalue weighted by Crippen LogP contribution is 2.52. The molecule has 0 saturated carbocycles. The van der Waals surface area contributed by atoms with Gasteiger partial charge >= 0.3 is 5.97 Å². The number of fused-ring (bicyclic) bond motifs is 1. The number of hydrogen-bond donors (Lipinski definition) is 1. The van der Waals surface area contributed by atoms with Crippen LogP contribution in [0.4, 0.5) is 0 Å². The third-order valence-corrected chi connectivity index (χ3v) is 4.66. The Balaban J connectivity index is 1.98. The molecule has 2 fully saturated rings. The van der Waals surface area contributed by atoms with Crippen LogP contribution in [-0.4, -0.2) is 46.4 Å². The number of ether oxygens (including phenoxy) is 1. The number of carbonyl (C=O) groups is 2. The van der Waals surface area contributed by atoms with Crippen LogP contribution in [0.1, 0.15) is 32.8 Å². The van der Waals surface area contributed by atoms with Gasteiger partial charge in [0.15, 0.2) is 0 Å². The lowest BCUT2D eigenvalue weighted by atomic mass is 9.72. The molecule has 1 aromatic rings. The first-order chi connectivity index (χ1) is 11.7. The summed E-state index contributed by atoms with van der Waals surface area (Å²) in [5.41, 5.74) is -1.87. The molecule has 0 aliphatic carbocycles. The zero-order valence-electron chi connectivity index (χ0n) is 14.7. The lowest BCUT2D eigenvalue weighted by molar-refractivity contribution is -0.495. The van der Waals surface area contributed by atoms with E-state index in [-0.39, 0.29) is 26.1 Å². The minimum atomic E-state index is -2.08. The van der Waals surface area contributed by atoms with Crippen molar-refractivity contribution in [2.75, 3.05) is 13.2 Å². The first-order valence-corrected chi connectivity index (χ1v) is 8.34. The first-order valence-electron chi connectivity index (χ1n) is 8.34. The Hall–Kier alpha value is -1.96. The molecule has 136 valence electrons. The topological polar surface area (TPSA) is 85.3 Å². The van der Waals surface area contributed by atoms with Crippen molar-refractivity contribution in [3.8, 4) is 0 Å². The fraction of sp³-hybridized carbons (Fsp3) is 0.556. The number of rotatable bonds is 4. The van der Waals surface area contributed by atoms with Crippen LogP contribution in [0.5, 0.6) is 0 Å². The Morgan fingerprint density at radius 3 is 2.60 bits per heavy atom. The van der Waals surface area contributed by atoms with Gasteiger partial charge in [-0.15, -0.1) is 0 Å². The normalized spacial score (nSPS) is 30.9. The Morgan fingerprint density at radius 1 is 1.28 bits per heavy atom. The van der Waals surface area contributed by atoms with Crippen molar-refractivity contribution < 1.29 is 29.2 Å². The van der Waals surface area contributed by atoms with Crippen molar-refractivity contribution in [3.05, 3.63) is 35.9 Å². The van der Waals surface area contributed by atoms with Gasteiger partial charge in [0.25, 0.3) is 0 Å². The number of nitrogens with zero attached hydrogens (tertiary/aromatic N) is 1. The van der Waals surface area contributed by atoms with Gasteiger partial charge in [0.1, 0.15) is 0 Å². The number of benzene rings is 1. The molecule has 7 nitrogen and oxygen atoms in total. The van der Waals surface area contributed by atoms with Crippen molar-refractivity contribution in [2.24, 2.45) is 5.41 Å². The second-order valence-corrected chi connectivity index (χ2v) is 7.16. The molecule has 2 aliphatic rings. The number of esters is 1. The molecule has 2 heterocycles. The SMILES string of the molecule is CCOC(=O)[C@]12CC(C)(C)OO[C@@]1(O)CN(Cc1ccccc1)C2=O. The molecule has 0 bridgehead atoms. The standard InChI is InChI=1S/C18H23NO6/c1-4-23-15(21)17-11-16(2,3)24-25-18(17,22)12-19(14(17)20)10-13-8-6-5-7-9-13/h5-9,22H,4,10-12H2,1-3H3/t17-,18+/m1/s1. The van der Waals surface area contributed by atoms with Gasteiger partial charge in [0.05, 0.1) is 18.8 Å². The van der Waals surface area contributed by atoms with E-state index in [9.17, 15) is 14.7 Å². The van der Waals surface area contributed by atoms with Crippen LogP contribution in [0, 0.1) is 5.41 Å². The van der Waals surface area contributed by atoms with Gasteiger partial charge in [0.2, 0.25) is 17.1 Å². The summed E-state index contributed by atoms with van der Waals surface area (Å²) in [6.07, 6.45) is -0.0283. The van der Waals surface area contributed by atoms with Gasteiger partial charge in [-0.05, 0) is 26.3 Å². The molecule has 25 heavy (non-hydrogen) atoms. The van der Waals surface area contributed by atoms with Crippen molar-refractivity contribution in [1.29, 1.82) is 0 Å². The Morgan fingerprint density at radius 2 is 1.96 bits per heavy atom. The van der Waals surface area contributed by atoms with Gasteiger partial charge in [-0.25, -0.2) is 4.89 Å². The number of β-amino-alcohol motifs (C(OH)–C–C–N with tert-alkyl or cyclic N) is 1. The number of carbonyl (C=O) groups excluding carboxylic acids is 2. The quantitative estimate of drug-likeness (QED) is 0.502. The Kier molecular flexibility index (Phi) is 4.35. The molecule has 3 rings (SSSR count). The molecular formula is C18H23NO6. The van der Waals surface area contributed by atoms with Crippen molar-refractivity contribution in [2.45, 2.75) is 45.1 Å². The van der Waals surface area contributed by atoms with Crippen molar-refractivity contribution in [3.63, 3.8) is 0 Å². The summed E-state index contributed by atoms with van der Waals surface area (Å²) in [5.74, 6) is -3.37. The summed E-state index contributed by atoms with van der Waals surface area (Å²) in [5, 5.41) is 11.0. The highest BCUT2D eigenvalue weighted by molar-refractivity contribution is 6.06. The molecule has 2 aliphatic heterocycles. The third kappa shape index (κ3) is 2.82. The minimum Gasteiger partial charge on any atom is -0.465 e. The summed E-state index contributed by atoms with van der Waals surface area (Å²) >= 11 is 0. The molecule has 0 aromatic heterocycles. The van der Waals surface area contributed by atoms with E-state index in [1.165, 1.54) is 4.90 Å². The van der Waals surface area contributed by atoms with Crippen molar-refractivity contribution >= 4 is 11.9 Å². The van der Waals surface area contributed by atoms with E-state index in [0.717, 1.165) is 5.56 Å². The van der Waals surface area contributed by atoms with E-state index in [1.807, 2.05) is 30.3 Å². The molecule has 1 amide bonds. The fourth-order valence-corrected chi connectivity index (χ4v) is 3.57. The smallest absolute Gasteiger partial charge is 0.327 e. The van der Waals surface area contributed by atoms with E-state index in [0.29, 0.717) is 0 Å². The Labute approximate surface area is 146 Å². The molecule has 1 aromatic carbocycles. The molecule has 1 N–H and O–H groups in total. The maximum Gasteiger partial charge on any atom is 0.327 e. The average Bonchev–Trinajstić information content (AvgIpc) is 2.77. The van der Waals surface area contributed by atoms with Gasteiger partial charge in [-0.3, -0.25) is 9.59 Å². The van der Waals surface area contributed by atoms with Crippen LogP contribution in [0.15, 0.2) is 30.3 Å². The summed E-state index contributed by atoms with van der Waals surface area (Å²) in [6, 6.07) is 9.35. The monoisotopic (exact) mass is 349 g/mol. The third-order valence-electron chi connectivity index (χ3n) is 4.66. The second-order valence-electron chi connectivity index (χ2n) is 7.16. The fourth-order valence-electron chi connectivity index (χ4n) is 3.57. The van der Waals surface area contributed by atoms with Gasteiger partial charge in [0, 0.05) is 13.0 Å². The molecular weight excluding hydrogens is 326 g/mol. The predicted molar refractivity (Wildman–Crippen MR) is 86.7 cm³/mol. The van der Waals surface area contributed by atoms with Crippen molar-refractivity contribution in [1.82, 2.24) is 4.90 Å². The molecule has 0 radical (unpaired) electrons. The highest BCUT2D eigenvalue weighted by atomic mass is 17.2. The number of amides is 1. The first kappa shape index (κ1) is 17.8. The largest absolute Gasteiger partial charge is 0.465 e. The lowest BCUT2D eigenvalue weighted by Gasteiger charge is -2.45. The molecule has 2 atom stereocenters. The summed E-state index contributed by atoms with van der Waals surface area (Å²) in [7, 11) is 0. The number of likely N-dealkylation sites (tertiary alicyclic amines) is 1. The second kappa shape index (κ2) is 6.09. The zero-order chi connectivity index (χ0) is 18.3.